The van der Waals surface area contributed by atoms with Gasteiger partial charge in [0.15, 0.2) is 0 Å². The molecule has 0 radical (unpaired) electrons. The van der Waals surface area contributed by atoms with Gasteiger partial charge in [-0.1, -0.05) is 12.1 Å². The summed E-state index contributed by atoms with van der Waals surface area (Å²) in [5.74, 6) is 0.263. The van der Waals surface area contributed by atoms with Crippen LogP contribution in [0.4, 0.5) is 5.69 Å². The first-order valence-corrected chi connectivity index (χ1v) is 8.37. The van der Waals surface area contributed by atoms with Crippen LogP contribution in [0, 0.1) is 5.92 Å². The zero-order valence-electron chi connectivity index (χ0n) is 14.9. The normalized spacial score (nSPS) is 17.7. The Labute approximate surface area is 143 Å². The summed E-state index contributed by atoms with van der Waals surface area (Å²) < 4.78 is 5.79. The number of likely N-dealkylation sites (N-methyl/N-ethyl adjacent to an activating group) is 1. The van der Waals surface area contributed by atoms with Crippen LogP contribution in [0.5, 0.6) is 5.75 Å². The maximum absolute atomic E-state index is 12.4. The summed E-state index contributed by atoms with van der Waals surface area (Å²) in [7, 11) is 3.91. The van der Waals surface area contributed by atoms with E-state index in [1.807, 2.05) is 57.1 Å². The maximum Gasteiger partial charge on any atom is 0.227 e. The Hall–Kier alpha value is -2.08. The molecule has 1 atom stereocenters. The summed E-state index contributed by atoms with van der Waals surface area (Å²) in [6.45, 7) is 5.66. The minimum Gasteiger partial charge on any atom is -0.489 e. The molecular weight excluding hydrogens is 306 g/mol. The number of amides is 2. The Balaban J connectivity index is 2.03. The van der Waals surface area contributed by atoms with E-state index in [1.165, 1.54) is 0 Å². The van der Waals surface area contributed by atoms with Crippen LogP contribution < -0.4 is 15.0 Å². The fraction of sp³-hybridized carbons (Fsp3) is 0.556. The topological polar surface area (TPSA) is 61.9 Å². The molecule has 1 fully saturated rings. The lowest BCUT2D eigenvalue weighted by molar-refractivity contribution is -0.126. The molecule has 0 bridgehead atoms. The lowest BCUT2D eigenvalue weighted by atomic mass is 10.1. The number of carbonyl (C=O) groups excluding carboxylic acids is 2. The molecule has 1 saturated heterocycles. The van der Waals surface area contributed by atoms with E-state index in [-0.39, 0.29) is 30.3 Å². The van der Waals surface area contributed by atoms with E-state index < -0.39 is 0 Å². The number of para-hydroxylation sites is 2. The van der Waals surface area contributed by atoms with Crippen molar-refractivity contribution < 1.29 is 14.3 Å². The maximum atomic E-state index is 12.4. The summed E-state index contributed by atoms with van der Waals surface area (Å²) in [4.78, 5) is 28.3. The molecular formula is C18H27N3O3. The van der Waals surface area contributed by atoms with E-state index >= 15 is 0 Å². The zero-order chi connectivity index (χ0) is 17.7. The van der Waals surface area contributed by atoms with Gasteiger partial charge in [0.1, 0.15) is 5.75 Å². The van der Waals surface area contributed by atoms with Gasteiger partial charge in [0.05, 0.1) is 17.7 Å². The number of nitrogens with zero attached hydrogens (tertiary/aromatic N) is 2. The number of carbonyl (C=O) groups is 2. The molecule has 0 aliphatic carbocycles. The lowest BCUT2D eigenvalue weighted by Crippen LogP contribution is -2.36. The first-order valence-electron chi connectivity index (χ1n) is 8.37. The molecule has 1 aliphatic rings. The third-order valence-corrected chi connectivity index (χ3v) is 3.87. The third-order valence-electron chi connectivity index (χ3n) is 3.87. The van der Waals surface area contributed by atoms with Crippen molar-refractivity contribution in [3.05, 3.63) is 24.3 Å². The van der Waals surface area contributed by atoms with Crippen LogP contribution in [-0.4, -0.2) is 56.5 Å². The van der Waals surface area contributed by atoms with Gasteiger partial charge >= 0.3 is 0 Å². The smallest absolute Gasteiger partial charge is 0.227 e. The van der Waals surface area contributed by atoms with Crippen molar-refractivity contribution >= 4 is 17.5 Å². The second-order valence-corrected chi connectivity index (χ2v) is 6.63. The highest BCUT2D eigenvalue weighted by Gasteiger charge is 2.36. The van der Waals surface area contributed by atoms with Crippen LogP contribution >= 0.6 is 0 Å². The van der Waals surface area contributed by atoms with Crippen LogP contribution in [0.15, 0.2) is 24.3 Å². The van der Waals surface area contributed by atoms with Gasteiger partial charge in [-0.2, -0.15) is 0 Å². The van der Waals surface area contributed by atoms with E-state index in [9.17, 15) is 9.59 Å². The van der Waals surface area contributed by atoms with Crippen LogP contribution in [0.3, 0.4) is 0 Å². The summed E-state index contributed by atoms with van der Waals surface area (Å²) in [6, 6.07) is 7.47. The molecule has 132 valence electrons. The van der Waals surface area contributed by atoms with Gasteiger partial charge in [-0.05, 0) is 40.1 Å². The summed E-state index contributed by atoms with van der Waals surface area (Å²) in [6.07, 6.45) is 0.262. The molecule has 1 aliphatic heterocycles. The quantitative estimate of drug-likeness (QED) is 0.821. The Bertz CT molecular complexity index is 587. The SMILES string of the molecule is CC(C)Oc1ccccc1N1CC(C(=O)NCCN(C)C)CC1=O. The molecule has 2 amide bonds. The molecule has 1 N–H and O–H groups in total. The third kappa shape index (κ3) is 4.71. The number of benzene rings is 1. The Morgan fingerprint density at radius 1 is 1.38 bits per heavy atom. The molecule has 1 heterocycles. The van der Waals surface area contributed by atoms with Crippen molar-refractivity contribution in [2.45, 2.75) is 26.4 Å². The zero-order valence-corrected chi connectivity index (χ0v) is 14.9. The van der Waals surface area contributed by atoms with Crippen molar-refractivity contribution in [2.75, 3.05) is 38.6 Å². The number of hydrogen-bond acceptors (Lipinski definition) is 4. The van der Waals surface area contributed by atoms with E-state index in [0.717, 1.165) is 12.2 Å². The average molecular weight is 333 g/mol. The van der Waals surface area contributed by atoms with Gasteiger partial charge in [0.2, 0.25) is 11.8 Å². The highest BCUT2D eigenvalue weighted by molar-refractivity contribution is 6.01. The second kappa shape index (κ2) is 8.15. The fourth-order valence-electron chi connectivity index (χ4n) is 2.70. The first kappa shape index (κ1) is 18.3. The van der Waals surface area contributed by atoms with Crippen LogP contribution in [0.25, 0.3) is 0 Å². The average Bonchev–Trinajstić information content (AvgIpc) is 2.88. The largest absolute Gasteiger partial charge is 0.489 e. The molecule has 24 heavy (non-hydrogen) atoms. The van der Waals surface area contributed by atoms with Gasteiger partial charge in [-0.25, -0.2) is 0 Å². The minimum absolute atomic E-state index is 0.0222. The monoisotopic (exact) mass is 333 g/mol. The fourth-order valence-corrected chi connectivity index (χ4v) is 2.70. The summed E-state index contributed by atoms with van der Waals surface area (Å²) >= 11 is 0. The predicted molar refractivity (Wildman–Crippen MR) is 94.2 cm³/mol. The van der Waals surface area contributed by atoms with Gasteiger partial charge < -0.3 is 19.9 Å². The molecule has 6 nitrogen and oxygen atoms in total. The van der Waals surface area contributed by atoms with Gasteiger partial charge in [0, 0.05) is 26.1 Å². The molecule has 0 saturated carbocycles. The van der Waals surface area contributed by atoms with E-state index in [0.29, 0.717) is 18.8 Å². The molecule has 6 heteroatoms. The number of ether oxygens (including phenoxy) is 1. The summed E-state index contributed by atoms with van der Waals surface area (Å²) in [5, 5.41) is 2.90. The standard InChI is InChI=1S/C18H27N3O3/c1-13(2)24-16-8-6-5-7-15(16)21-12-14(11-17(21)22)18(23)19-9-10-20(3)4/h5-8,13-14H,9-12H2,1-4H3,(H,19,23). The number of rotatable bonds is 7. The van der Waals surface area contributed by atoms with Crippen molar-refractivity contribution in [3.8, 4) is 5.75 Å². The number of hydrogen-bond donors (Lipinski definition) is 1. The van der Waals surface area contributed by atoms with Gasteiger partial charge in [0.25, 0.3) is 0 Å². The Kier molecular flexibility index (Phi) is 6.20. The van der Waals surface area contributed by atoms with Crippen LogP contribution in [-0.2, 0) is 9.59 Å². The van der Waals surface area contributed by atoms with Crippen molar-refractivity contribution in [2.24, 2.45) is 5.92 Å². The summed E-state index contributed by atoms with van der Waals surface area (Å²) in [5.41, 5.74) is 0.736. The van der Waals surface area contributed by atoms with Crippen molar-refractivity contribution in [1.29, 1.82) is 0 Å². The highest BCUT2D eigenvalue weighted by atomic mass is 16.5. The first-order chi connectivity index (χ1) is 11.4. The predicted octanol–water partition coefficient (Wildman–Crippen LogP) is 1.50. The lowest BCUT2D eigenvalue weighted by Gasteiger charge is -2.21. The van der Waals surface area contributed by atoms with Crippen LogP contribution in [0.2, 0.25) is 0 Å². The molecule has 1 aromatic carbocycles. The number of anilines is 1. The Morgan fingerprint density at radius 2 is 2.08 bits per heavy atom. The van der Waals surface area contributed by atoms with Gasteiger partial charge in [-0.3, -0.25) is 9.59 Å². The van der Waals surface area contributed by atoms with E-state index in [2.05, 4.69) is 5.32 Å². The van der Waals surface area contributed by atoms with E-state index in [1.54, 1.807) is 4.90 Å². The highest BCUT2D eigenvalue weighted by Crippen LogP contribution is 2.33. The minimum atomic E-state index is -0.313. The Morgan fingerprint density at radius 3 is 2.75 bits per heavy atom. The second-order valence-electron chi connectivity index (χ2n) is 6.63. The van der Waals surface area contributed by atoms with Crippen molar-refractivity contribution in [3.63, 3.8) is 0 Å². The molecule has 0 aromatic heterocycles. The number of nitrogens with one attached hydrogen (secondary N) is 1. The van der Waals surface area contributed by atoms with Gasteiger partial charge in [-0.15, -0.1) is 0 Å². The van der Waals surface area contributed by atoms with Crippen molar-refractivity contribution in [1.82, 2.24) is 10.2 Å². The molecule has 1 unspecified atom stereocenters. The molecule has 1 aromatic rings. The molecule has 0 spiro atoms. The molecule has 2 rings (SSSR count). The van der Waals surface area contributed by atoms with Crippen LogP contribution in [0.1, 0.15) is 20.3 Å². The van der Waals surface area contributed by atoms with E-state index in [4.69, 9.17) is 4.74 Å².